The fourth-order valence-electron chi connectivity index (χ4n) is 3.34. The molecule has 0 amide bonds. The first-order valence-corrected chi connectivity index (χ1v) is 6.99. The van der Waals surface area contributed by atoms with Crippen molar-refractivity contribution in [1.82, 2.24) is 4.90 Å². The zero-order chi connectivity index (χ0) is 12.2. The molecule has 1 fully saturated rings. The maximum Gasteiger partial charge on any atom is 0.0354 e. The third kappa shape index (κ3) is 2.78. The molecule has 1 aliphatic rings. The Bertz CT molecular complexity index is 191. The van der Waals surface area contributed by atoms with Crippen LogP contribution in [0.2, 0.25) is 0 Å². The number of hydrogen-bond donors (Lipinski definition) is 1. The number of nitrogens with two attached hydrogens (primary N) is 1. The lowest BCUT2D eigenvalue weighted by Gasteiger charge is -2.42. The molecule has 0 saturated heterocycles. The molecule has 0 aromatic heterocycles. The number of nitrogens with zero attached hydrogens (tertiary/aromatic N) is 1. The van der Waals surface area contributed by atoms with Crippen LogP contribution < -0.4 is 5.73 Å². The molecule has 1 unspecified atom stereocenters. The molecule has 0 aromatic carbocycles. The van der Waals surface area contributed by atoms with Crippen LogP contribution in [0.3, 0.4) is 0 Å². The molecule has 0 aromatic rings. The van der Waals surface area contributed by atoms with Crippen LogP contribution in [0.5, 0.6) is 0 Å². The summed E-state index contributed by atoms with van der Waals surface area (Å²) < 4.78 is 0. The molecule has 1 saturated carbocycles. The van der Waals surface area contributed by atoms with Crippen molar-refractivity contribution < 1.29 is 0 Å². The number of hydrogen-bond acceptors (Lipinski definition) is 2. The predicted octanol–water partition coefficient (Wildman–Crippen LogP) is 3.01. The van der Waals surface area contributed by atoms with Crippen molar-refractivity contribution in [3.8, 4) is 0 Å². The summed E-state index contributed by atoms with van der Waals surface area (Å²) in [5.41, 5.74) is 6.82. The molecule has 0 spiro atoms. The zero-order valence-electron chi connectivity index (χ0n) is 11.6. The molecule has 16 heavy (non-hydrogen) atoms. The maximum absolute atomic E-state index is 6.53. The van der Waals surface area contributed by atoms with Crippen molar-refractivity contribution in [3.63, 3.8) is 0 Å². The minimum atomic E-state index is 0.294. The van der Waals surface area contributed by atoms with Gasteiger partial charge in [-0.2, -0.15) is 0 Å². The lowest BCUT2D eigenvalue weighted by Crippen LogP contribution is -2.56. The molecule has 0 radical (unpaired) electrons. The van der Waals surface area contributed by atoms with Gasteiger partial charge in [0.15, 0.2) is 0 Å². The fourth-order valence-corrected chi connectivity index (χ4v) is 3.34. The number of likely N-dealkylation sites (N-methyl/N-ethyl adjacent to an activating group) is 1. The van der Waals surface area contributed by atoms with Gasteiger partial charge in [0.1, 0.15) is 0 Å². The van der Waals surface area contributed by atoms with Crippen LogP contribution in [-0.2, 0) is 0 Å². The number of rotatable bonds is 6. The van der Waals surface area contributed by atoms with Crippen LogP contribution in [0.15, 0.2) is 0 Å². The lowest BCUT2D eigenvalue weighted by molar-refractivity contribution is 0.109. The molecule has 0 heterocycles. The minimum Gasteiger partial charge on any atom is -0.326 e. The smallest absolute Gasteiger partial charge is 0.0354 e. The molecule has 1 atom stereocenters. The van der Waals surface area contributed by atoms with Crippen molar-refractivity contribution in [1.29, 1.82) is 0 Å². The molecule has 96 valence electrons. The second kappa shape index (κ2) is 6.02. The topological polar surface area (TPSA) is 29.3 Å². The highest BCUT2D eigenvalue weighted by Crippen LogP contribution is 2.38. The summed E-state index contributed by atoms with van der Waals surface area (Å²) in [4.78, 5) is 2.40. The second-order valence-corrected chi connectivity index (χ2v) is 5.73. The fraction of sp³-hybridized carbons (Fsp3) is 1.00. The molecule has 1 aliphatic carbocycles. The van der Waals surface area contributed by atoms with Crippen LogP contribution in [0.25, 0.3) is 0 Å². The Labute approximate surface area is 102 Å². The standard InChI is InChI=1S/C14H30N2/c1-5-12(6-2)11-13(15)14(16(3)4)9-7-8-10-14/h12-13H,5-11,15H2,1-4H3. The Kier molecular flexibility index (Phi) is 5.26. The van der Waals surface area contributed by atoms with Gasteiger partial charge in [0, 0.05) is 11.6 Å². The molecule has 0 aliphatic heterocycles. The molecule has 2 N–H and O–H groups in total. The van der Waals surface area contributed by atoms with Crippen LogP contribution in [0, 0.1) is 5.92 Å². The summed E-state index contributed by atoms with van der Waals surface area (Å²) in [6, 6.07) is 0.356. The van der Waals surface area contributed by atoms with Crippen LogP contribution in [0.1, 0.15) is 58.8 Å². The molecule has 2 heteroatoms. The van der Waals surface area contributed by atoms with Gasteiger partial charge >= 0.3 is 0 Å². The Hall–Kier alpha value is -0.0800. The average Bonchev–Trinajstić information content (AvgIpc) is 2.75. The molecular weight excluding hydrogens is 196 g/mol. The third-order valence-corrected chi connectivity index (χ3v) is 4.79. The van der Waals surface area contributed by atoms with Crippen molar-refractivity contribution >= 4 is 0 Å². The van der Waals surface area contributed by atoms with E-state index in [9.17, 15) is 0 Å². The van der Waals surface area contributed by atoms with Crippen molar-refractivity contribution in [2.24, 2.45) is 11.7 Å². The Morgan fingerprint density at radius 2 is 1.62 bits per heavy atom. The second-order valence-electron chi connectivity index (χ2n) is 5.73. The van der Waals surface area contributed by atoms with Gasteiger partial charge in [0.2, 0.25) is 0 Å². The first-order chi connectivity index (χ1) is 7.56. The van der Waals surface area contributed by atoms with E-state index in [1.807, 2.05) is 0 Å². The molecule has 2 nitrogen and oxygen atoms in total. The van der Waals surface area contributed by atoms with E-state index in [4.69, 9.17) is 5.73 Å². The maximum atomic E-state index is 6.53. The van der Waals surface area contributed by atoms with E-state index in [0.29, 0.717) is 11.6 Å². The van der Waals surface area contributed by atoms with Gasteiger partial charge in [-0.15, -0.1) is 0 Å². The van der Waals surface area contributed by atoms with Crippen LogP contribution >= 0.6 is 0 Å². The monoisotopic (exact) mass is 226 g/mol. The molecular formula is C14H30N2. The quantitative estimate of drug-likeness (QED) is 0.754. The van der Waals surface area contributed by atoms with E-state index in [-0.39, 0.29) is 0 Å². The van der Waals surface area contributed by atoms with Crippen molar-refractivity contribution in [3.05, 3.63) is 0 Å². The first-order valence-electron chi connectivity index (χ1n) is 6.99. The first kappa shape index (κ1) is 14.0. The van der Waals surface area contributed by atoms with Crippen molar-refractivity contribution in [2.45, 2.75) is 70.4 Å². The van der Waals surface area contributed by atoms with Gasteiger partial charge in [-0.05, 0) is 39.3 Å². The van der Waals surface area contributed by atoms with Gasteiger partial charge in [-0.3, -0.25) is 0 Å². The van der Waals surface area contributed by atoms with Crippen LogP contribution in [-0.4, -0.2) is 30.6 Å². The normalized spacial score (nSPS) is 21.9. The van der Waals surface area contributed by atoms with E-state index in [1.165, 1.54) is 44.9 Å². The molecule has 1 rings (SSSR count). The van der Waals surface area contributed by atoms with Gasteiger partial charge < -0.3 is 10.6 Å². The van der Waals surface area contributed by atoms with Gasteiger partial charge in [-0.1, -0.05) is 39.5 Å². The van der Waals surface area contributed by atoms with Crippen LogP contribution in [0.4, 0.5) is 0 Å². The van der Waals surface area contributed by atoms with E-state index in [0.717, 1.165) is 5.92 Å². The Balaban J connectivity index is 2.64. The van der Waals surface area contributed by atoms with Gasteiger partial charge in [-0.25, -0.2) is 0 Å². The van der Waals surface area contributed by atoms with E-state index >= 15 is 0 Å². The average molecular weight is 226 g/mol. The summed E-state index contributed by atoms with van der Waals surface area (Å²) in [5, 5.41) is 0. The van der Waals surface area contributed by atoms with Gasteiger partial charge in [0.25, 0.3) is 0 Å². The highest BCUT2D eigenvalue weighted by atomic mass is 15.2. The van der Waals surface area contributed by atoms with Gasteiger partial charge in [0.05, 0.1) is 0 Å². The largest absolute Gasteiger partial charge is 0.326 e. The summed E-state index contributed by atoms with van der Waals surface area (Å²) in [6.07, 6.45) is 9.04. The van der Waals surface area contributed by atoms with Crippen molar-refractivity contribution in [2.75, 3.05) is 14.1 Å². The summed E-state index contributed by atoms with van der Waals surface area (Å²) in [5.74, 6) is 0.812. The van der Waals surface area contributed by atoms with E-state index in [1.54, 1.807) is 0 Å². The summed E-state index contributed by atoms with van der Waals surface area (Å²) in [6.45, 7) is 4.58. The highest BCUT2D eigenvalue weighted by molar-refractivity contribution is 5.01. The molecule has 0 bridgehead atoms. The summed E-state index contributed by atoms with van der Waals surface area (Å²) in [7, 11) is 4.41. The third-order valence-electron chi connectivity index (χ3n) is 4.79. The highest BCUT2D eigenvalue weighted by Gasteiger charge is 2.41. The SMILES string of the molecule is CCC(CC)CC(N)C1(N(C)C)CCCC1. The zero-order valence-corrected chi connectivity index (χ0v) is 11.6. The van der Waals surface area contributed by atoms with E-state index in [2.05, 4.69) is 32.8 Å². The Morgan fingerprint density at radius 3 is 2.00 bits per heavy atom. The lowest BCUT2D eigenvalue weighted by atomic mass is 9.81. The summed E-state index contributed by atoms with van der Waals surface area (Å²) >= 11 is 0. The van der Waals surface area contributed by atoms with E-state index < -0.39 is 0 Å². The Morgan fingerprint density at radius 1 is 1.12 bits per heavy atom. The minimum absolute atomic E-state index is 0.294. The predicted molar refractivity (Wildman–Crippen MR) is 71.6 cm³/mol.